The molecule has 2 N–H and O–H groups in total. The van der Waals surface area contributed by atoms with Gasteiger partial charge < -0.3 is 5.32 Å². The van der Waals surface area contributed by atoms with Crippen molar-refractivity contribution in [3.05, 3.63) is 18.0 Å². The molecule has 0 aromatic carbocycles. The second-order valence-electron chi connectivity index (χ2n) is 4.36. The summed E-state index contributed by atoms with van der Waals surface area (Å²) in [6, 6.07) is 0.707. The molecule has 1 aromatic heterocycles. The molecule has 1 heterocycles. The molecular formula is C11H19N3. The number of nitrogens with zero attached hydrogens (tertiary/aromatic N) is 1. The molecule has 1 aromatic rings. The maximum Gasteiger partial charge on any atom is 0.0532 e. The van der Waals surface area contributed by atoms with Crippen molar-refractivity contribution in [3.8, 4) is 0 Å². The van der Waals surface area contributed by atoms with Crippen LogP contribution in [0.1, 0.15) is 38.2 Å². The minimum Gasteiger partial charge on any atom is -0.310 e. The lowest BCUT2D eigenvalue weighted by molar-refractivity contribution is 0.279. The third-order valence-electron chi connectivity index (χ3n) is 3.23. The van der Waals surface area contributed by atoms with Gasteiger partial charge in [-0.05, 0) is 18.8 Å². The van der Waals surface area contributed by atoms with E-state index >= 15 is 0 Å². The van der Waals surface area contributed by atoms with Crippen molar-refractivity contribution in [1.29, 1.82) is 0 Å². The summed E-state index contributed by atoms with van der Waals surface area (Å²) in [5.74, 6) is 0.829. The first-order valence-electron chi connectivity index (χ1n) is 5.57. The maximum atomic E-state index is 3.94. The van der Waals surface area contributed by atoms with E-state index in [1.807, 2.05) is 12.4 Å². The van der Waals surface area contributed by atoms with Gasteiger partial charge in [-0.25, -0.2) is 0 Å². The molecule has 2 atom stereocenters. The molecule has 3 nitrogen and oxygen atoms in total. The van der Waals surface area contributed by atoms with Gasteiger partial charge in [0.2, 0.25) is 0 Å². The fourth-order valence-electron chi connectivity index (χ4n) is 2.24. The third kappa shape index (κ3) is 2.35. The highest BCUT2D eigenvalue weighted by atomic mass is 15.1. The lowest BCUT2D eigenvalue weighted by atomic mass is 9.86. The zero-order valence-corrected chi connectivity index (χ0v) is 8.79. The number of aromatic amines is 1. The van der Waals surface area contributed by atoms with Gasteiger partial charge in [-0.15, -0.1) is 0 Å². The Kier molecular flexibility index (Phi) is 3.19. The van der Waals surface area contributed by atoms with Gasteiger partial charge in [-0.3, -0.25) is 5.10 Å². The minimum atomic E-state index is 0.707. The standard InChI is InChI=1S/C11H19N3/c1-9-4-2-3-5-11(9)12-6-10-7-13-14-8-10/h7-9,11-12H,2-6H2,1H3,(H,13,14). The van der Waals surface area contributed by atoms with Crippen molar-refractivity contribution in [3.63, 3.8) is 0 Å². The summed E-state index contributed by atoms with van der Waals surface area (Å²) in [5, 5.41) is 10.4. The molecule has 2 rings (SSSR count). The lowest BCUT2D eigenvalue weighted by Gasteiger charge is -2.29. The summed E-state index contributed by atoms with van der Waals surface area (Å²) in [7, 11) is 0. The molecule has 0 amide bonds. The average molecular weight is 193 g/mol. The Bertz CT molecular complexity index is 256. The summed E-state index contributed by atoms with van der Waals surface area (Å²) in [4.78, 5) is 0. The molecule has 0 radical (unpaired) electrons. The van der Waals surface area contributed by atoms with Crippen LogP contribution >= 0.6 is 0 Å². The average Bonchev–Trinajstić information content (AvgIpc) is 2.69. The monoisotopic (exact) mass is 193 g/mol. The van der Waals surface area contributed by atoms with Crippen LogP contribution < -0.4 is 5.32 Å². The van der Waals surface area contributed by atoms with Crippen molar-refractivity contribution < 1.29 is 0 Å². The molecule has 1 saturated carbocycles. The van der Waals surface area contributed by atoms with Crippen molar-refractivity contribution in [2.24, 2.45) is 5.92 Å². The van der Waals surface area contributed by atoms with Gasteiger partial charge in [0.05, 0.1) is 6.20 Å². The van der Waals surface area contributed by atoms with Gasteiger partial charge >= 0.3 is 0 Å². The second kappa shape index (κ2) is 4.60. The van der Waals surface area contributed by atoms with E-state index in [-0.39, 0.29) is 0 Å². The van der Waals surface area contributed by atoms with Crippen LogP contribution in [0.15, 0.2) is 12.4 Å². The molecule has 3 heteroatoms. The lowest BCUT2D eigenvalue weighted by Crippen LogP contribution is -2.36. The topological polar surface area (TPSA) is 40.7 Å². The van der Waals surface area contributed by atoms with Crippen LogP contribution in [0.2, 0.25) is 0 Å². The van der Waals surface area contributed by atoms with Crippen molar-refractivity contribution >= 4 is 0 Å². The first-order valence-corrected chi connectivity index (χ1v) is 5.57. The van der Waals surface area contributed by atoms with Crippen LogP contribution in [-0.2, 0) is 6.54 Å². The van der Waals surface area contributed by atoms with E-state index in [1.54, 1.807) is 0 Å². The Balaban J connectivity index is 1.79. The van der Waals surface area contributed by atoms with Gasteiger partial charge in [-0.2, -0.15) is 5.10 Å². The van der Waals surface area contributed by atoms with Crippen LogP contribution in [0.3, 0.4) is 0 Å². The summed E-state index contributed by atoms with van der Waals surface area (Å²) in [5.41, 5.74) is 1.25. The largest absolute Gasteiger partial charge is 0.310 e. The van der Waals surface area contributed by atoms with E-state index in [9.17, 15) is 0 Å². The summed E-state index contributed by atoms with van der Waals surface area (Å²) in [6.45, 7) is 3.30. The van der Waals surface area contributed by atoms with E-state index in [0.29, 0.717) is 6.04 Å². The van der Waals surface area contributed by atoms with Gasteiger partial charge in [-0.1, -0.05) is 19.8 Å². The highest BCUT2D eigenvalue weighted by Crippen LogP contribution is 2.23. The normalized spacial score (nSPS) is 27.8. The van der Waals surface area contributed by atoms with Crippen molar-refractivity contribution in [2.75, 3.05) is 0 Å². The smallest absolute Gasteiger partial charge is 0.0532 e. The van der Waals surface area contributed by atoms with Crippen molar-refractivity contribution in [2.45, 2.75) is 45.2 Å². The van der Waals surface area contributed by atoms with E-state index in [0.717, 1.165) is 12.5 Å². The molecule has 1 aliphatic carbocycles. The van der Waals surface area contributed by atoms with Crippen LogP contribution in [0.5, 0.6) is 0 Å². The highest BCUT2D eigenvalue weighted by Gasteiger charge is 2.20. The fourth-order valence-corrected chi connectivity index (χ4v) is 2.24. The number of hydrogen-bond acceptors (Lipinski definition) is 2. The fraction of sp³-hybridized carbons (Fsp3) is 0.727. The quantitative estimate of drug-likeness (QED) is 0.771. The Labute approximate surface area is 85.3 Å². The minimum absolute atomic E-state index is 0.707. The first-order chi connectivity index (χ1) is 6.86. The Morgan fingerprint density at radius 2 is 2.36 bits per heavy atom. The second-order valence-corrected chi connectivity index (χ2v) is 4.36. The van der Waals surface area contributed by atoms with Crippen LogP contribution in [-0.4, -0.2) is 16.2 Å². The van der Waals surface area contributed by atoms with Gasteiger partial charge in [0, 0.05) is 24.3 Å². The number of rotatable bonds is 3. The van der Waals surface area contributed by atoms with Crippen LogP contribution in [0.4, 0.5) is 0 Å². The number of hydrogen-bond donors (Lipinski definition) is 2. The SMILES string of the molecule is CC1CCCCC1NCc1cn[nH]c1. The molecule has 14 heavy (non-hydrogen) atoms. The number of H-pyrrole nitrogens is 1. The zero-order valence-electron chi connectivity index (χ0n) is 8.79. The molecule has 0 saturated heterocycles. The predicted octanol–water partition coefficient (Wildman–Crippen LogP) is 2.08. The third-order valence-corrected chi connectivity index (χ3v) is 3.23. The van der Waals surface area contributed by atoms with Crippen LogP contribution in [0.25, 0.3) is 0 Å². The summed E-state index contributed by atoms with van der Waals surface area (Å²) >= 11 is 0. The Morgan fingerprint density at radius 3 is 3.07 bits per heavy atom. The molecule has 78 valence electrons. The van der Waals surface area contributed by atoms with Crippen LogP contribution in [0, 0.1) is 5.92 Å². The molecule has 1 aliphatic rings. The summed E-state index contributed by atoms with van der Waals surface area (Å²) in [6.07, 6.45) is 9.35. The Hall–Kier alpha value is -0.830. The molecule has 0 spiro atoms. The molecule has 1 fully saturated rings. The zero-order chi connectivity index (χ0) is 9.80. The van der Waals surface area contributed by atoms with E-state index in [4.69, 9.17) is 0 Å². The molecule has 0 bridgehead atoms. The number of aromatic nitrogens is 2. The van der Waals surface area contributed by atoms with Gasteiger partial charge in [0.1, 0.15) is 0 Å². The first kappa shape index (κ1) is 9.71. The van der Waals surface area contributed by atoms with Gasteiger partial charge in [0.25, 0.3) is 0 Å². The molecular weight excluding hydrogens is 174 g/mol. The Morgan fingerprint density at radius 1 is 1.50 bits per heavy atom. The van der Waals surface area contributed by atoms with E-state index in [1.165, 1.54) is 31.2 Å². The van der Waals surface area contributed by atoms with Gasteiger partial charge in [0.15, 0.2) is 0 Å². The highest BCUT2D eigenvalue weighted by molar-refractivity contribution is 5.02. The molecule has 2 unspecified atom stereocenters. The maximum absolute atomic E-state index is 3.94. The predicted molar refractivity (Wildman–Crippen MR) is 56.8 cm³/mol. The summed E-state index contributed by atoms with van der Waals surface area (Å²) < 4.78 is 0. The van der Waals surface area contributed by atoms with E-state index < -0.39 is 0 Å². The van der Waals surface area contributed by atoms with Crippen molar-refractivity contribution in [1.82, 2.24) is 15.5 Å². The number of nitrogens with one attached hydrogen (secondary N) is 2. The van der Waals surface area contributed by atoms with E-state index in [2.05, 4.69) is 22.4 Å². The molecule has 0 aliphatic heterocycles.